The van der Waals surface area contributed by atoms with Gasteiger partial charge in [0.05, 0.1) is 18.9 Å². The lowest BCUT2D eigenvalue weighted by molar-refractivity contribution is 0.102. The van der Waals surface area contributed by atoms with Gasteiger partial charge in [0.25, 0.3) is 5.91 Å². The highest BCUT2D eigenvalue weighted by Crippen LogP contribution is 2.29. The van der Waals surface area contributed by atoms with Crippen molar-refractivity contribution in [3.05, 3.63) is 88.1 Å². The molecule has 0 radical (unpaired) electrons. The van der Waals surface area contributed by atoms with Crippen molar-refractivity contribution in [2.24, 2.45) is 0 Å². The number of hydrogen-bond acceptors (Lipinski definition) is 4. The molecule has 0 bridgehead atoms. The molecule has 1 N–H and O–H groups in total. The van der Waals surface area contributed by atoms with Crippen LogP contribution in [0.4, 0.5) is 5.69 Å². The van der Waals surface area contributed by atoms with Crippen LogP contribution in [0.25, 0.3) is 22.8 Å². The number of oxazole rings is 1. The molecule has 1 aromatic heterocycles. The number of carbonyl (C=O) groups is 1. The molecule has 0 aliphatic rings. The molecule has 5 nitrogen and oxygen atoms in total. The fourth-order valence-electron chi connectivity index (χ4n) is 2.89. The van der Waals surface area contributed by atoms with Crippen molar-refractivity contribution >= 4 is 34.2 Å². The number of halogens is 1. The summed E-state index contributed by atoms with van der Waals surface area (Å²) in [5, 5.41) is 2.92. The second-order valence-corrected chi connectivity index (χ2v) is 7.51. The zero-order chi connectivity index (χ0) is 20.2. The fraction of sp³-hybridized carbons (Fsp3) is 0.0435. The Labute approximate surface area is 181 Å². The second-order valence-electron chi connectivity index (χ2n) is 6.26. The van der Waals surface area contributed by atoms with Gasteiger partial charge in [-0.3, -0.25) is 4.79 Å². The number of ether oxygens (including phenoxy) is 1. The maximum absolute atomic E-state index is 12.8. The number of carbonyl (C=O) groups excluding carboxylic acids is 1. The zero-order valence-corrected chi connectivity index (χ0v) is 17.7. The van der Waals surface area contributed by atoms with Gasteiger partial charge in [0.2, 0.25) is 5.89 Å². The van der Waals surface area contributed by atoms with E-state index >= 15 is 0 Å². The number of nitrogens with zero attached hydrogens (tertiary/aromatic N) is 1. The van der Waals surface area contributed by atoms with Gasteiger partial charge in [-0.05, 0) is 83.3 Å². The molecule has 0 atom stereocenters. The molecule has 144 valence electrons. The van der Waals surface area contributed by atoms with E-state index < -0.39 is 0 Å². The molecule has 1 heterocycles. The van der Waals surface area contributed by atoms with E-state index in [4.69, 9.17) is 9.15 Å². The Balaban J connectivity index is 1.62. The maximum Gasteiger partial charge on any atom is 0.256 e. The van der Waals surface area contributed by atoms with E-state index in [1.165, 1.54) is 0 Å². The highest BCUT2D eigenvalue weighted by atomic mass is 127. The molecule has 0 aliphatic heterocycles. The van der Waals surface area contributed by atoms with Crippen LogP contribution >= 0.6 is 22.6 Å². The van der Waals surface area contributed by atoms with Crippen LogP contribution in [0.2, 0.25) is 0 Å². The minimum absolute atomic E-state index is 0.217. The summed E-state index contributed by atoms with van der Waals surface area (Å²) in [5.41, 5.74) is 2.74. The lowest BCUT2D eigenvalue weighted by Crippen LogP contribution is -2.13. The number of methoxy groups -OCH3 is 1. The second kappa shape index (κ2) is 8.48. The van der Waals surface area contributed by atoms with Crippen molar-refractivity contribution in [2.45, 2.75) is 0 Å². The van der Waals surface area contributed by atoms with Crippen LogP contribution in [0.15, 0.2) is 83.4 Å². The van der Waals surface area contributed by atoms with Crippen LogP contribution in [-0.4, -0.2) is 18.0 Å². The minimum Gasteiger partial charge on any atom is -0.497 e. The summed E-state index contributed by atoms with van der Waals surface area (Å²) in [4.78, 5) is 17.2. The van der Waals surface area contributed by atoms with E-state index in [1.807, 2.05) is 66.7 Å². The molecule has 1 amide bonds. The predicted molar refractivity (Wildman–Crippen MR) is 121 cm³/mol. The normalized spacial score (nSPS) is 10.6. The fourth-order valence-corrected chi connectivity index (χ4v) is 3.25. The molecule has 4 aromatic rings. The average molecular weight is 496 g/mol. The van der Waals surface area contributed by atoms with Crippen molar-refractivity contribution in [1.29, 1.82) is 0 Å². The van der Waals surface area contributed by atoms with Crippen LogP contribution in [0.5, 0.6) is 5.75 Å². The lowest BCUT2D eigenvalue weighted by Gasteiger charge is -2.08. The van der Waals surface area contributed by atoms with Crippen LogP contribution < -0.4 is 10.1 Å². The Morgan fingerprint density at radius 1 is 1.00 bits per heavy atom. The molecule has 4 rings (SSSR count). The number of benzene rings is 3. The number of aromatic nitrogens is 1. The van der Waals surface area contributed by atoms with E-state index in [2.05, 4.69) is 32.9 Å². The van der Waals surface area contributed by atoms with Gasteiger partial charge in [-0.2, -0.15) is 0 Å². The molecule has 0 saturated carbocycles. The van der Waals surface area contributed by atoms with E-state index in [9.17, 15) is 4.79 Å². The first-order valence-corrected chi connectivity index (χ1v) is 9.98. The van der Waals surface area contributed by atoms with E-state index in [0.717, 1.165) is 20.6 Å². The maximum atomic E-state index is 12.8. The number of nitrogens with one attached hydrogen (secondary N) is 1. The number of amides is 1. The summed E-state index contributed by atoms with van der Waals surface area (Å²) in [6.07, 6.45) is 1.66. The molecule has 0 saturated heterocycles. The molecular weight excluding hydrogens is 479 g/mol. The first-order chi connectivity index (χ1) is 14.1. The van der Waals surface area contributed by atoms with Crippen LogP contribution in [0, 0.1) is 3.57 Å². The first-order valence-electron chi connectivity index (χ1n) is 8.90. The van der Waals surface area contributed by atoms with Gasteiger partial charge in [-0.25, -0.2) is 4.98 Å². The SMILES string of the molecule is COc1ccc(-c2cnc(-c3ccccc3C(=O)Nc3ccc(I)cc3)o2)cc1. The first kappa shape index (κ1) is 19.2. The highest BCUT2D eigenvalue weighted by molar-refractivity contribution is 14.1. The topological polar surface area (TPSA) is 64.4 Å². The van der Waals surface area contributed by atoms with Crippen molar-refractivity contribution in [2.75, 3.05) is 12.4 Å². The summed E-state index contributed by atoms with van der Waals surface area (Å²) in [6.45, 7) is 0. The summed E-state index contributed by atoms with van der Waals surface area (Å²) < 4.78 is 12.2. The van der Waals surface area contributed by atoms with Crippen molar-refractivity contribution in [3.63, 3.8) is 0 Å². The van der Waals surface area contributed by atoms with Crippen LogP contribution in [0.3, 0.4) is 0 Å². The van der Waals surface area contributed by atoms with Gasteiger partial charge in [0, 0.05) is 20.4 Å². The van der Waals surface area contributed by atoms with E-state index in [1.54, 1.807) is 19.4 Å². The lowest BCUT2D eigenvalue weighted by atomic mass is 10.1. The van der Waals surface area contributed by atoms with Gasteiger partial charge in [0.1, 0.15) is 5.75 Å². The largest absolute Gasteiger partial charge is 0.497 e. The van der Waals surface area contributed by atoms with Crippen LogP contribution in [0.1, 0.15) is 10.4 Å². The highest BCUT2D eigenvalue weighted by Gasteiger charge is 2.17. The molecule has 0 aliphatic carbocycles. The van der Waals surface area contributed by atoms with Crippen molar-refractivity contribution < 1.29 is 13.9 Å². The molecule has 3 aromatic carbocycles. The van der Waals surface area contributed by atoms with Gasteiger partial charge in [-0.1, -0.05) is 12.1 Å². The van der Waals surface area contributed by atoms with Crippen molar-refractivity contribution in [3.8, 4) is 28.5 Å². The summed E-state index contributed by atoms with van der Waals surface area (Å²) in [7, 11) is 1.62. The van der Waals surface area contributed by atoms with Gasteiger partial charge < -0.3 is 14.5 Å². The van der Waals surface area contributed by atoms with Gasteiger partial charge in [0.15, 0.2) is 5.76 Å². The average Bonchev–Trinajstić information content (AvgIpc) is 3.25. The van der Waals surface area contributed by atoms with Gasteiger partial charge in [-0.15, -0.1) is 0 Å². The standard InChI is InChI=1S/C23H17IN2O3/c1-28-18-12-6-15(7-13-18)21-14-25-23(29-21)20-5-3-2-4-19(20)22(27)26-17-10-8-16(24)9-11-17/h2-14H,1H3,(H,26,27). The monoisotopic (exact) mass is 496 g/mol. The summed E-state index contributed by atoms with van der Waals surface area (Å²) in [6, 6.07) is 22.4. The molecular formula is C23H17IN2O3. The zero-order valence-electron chi connectivity index (χ0n) is 15.6. The van der Waals surface area contributed by atoms with E-state index in [0.29, 0.717) is 22.8 Å². The van der Waals surface area contributed by atoms with Gasteiger partial charge >= 0.3 is 0 Å². The van der Waals surface area contributed by atoms with Crippen molar-refractivity contribution in [1.82, 2.24) is 4.98 Å². The minimum atomic E-state index is -0.217. The van der Waals surface area contributed by atoms with Crippen LogP contribution in [-0.2, 0) is 0 Å². The predicted octanol–water partition coefficient (Wildman–Crippen LogP) is 5.87. The molecule has 0 unspecified atom stereocenters. The molecule has 6 heteroatoms. The Morgan fingerprint density at radius 2 is 1.72 bits per heavy atom. The Kier molecular flexibility index (Phi) is 5.62. The number of hydrogen-bond donors (Lipinski definition) is 1. The van der Waals surface area contributed by atoms with E-state index in [-0.39, 0.29) is 5.91 Å². The number of anilines is 1. The summed E-state index contributed by atoms with van der Waals surface area (Å²) in [5.74, 6) is 1.57. The third-order valence-corrected chi connectivity index (χ3v) is 5.10. The quantitative estimate of drug-likeness (QED) is 0.351. The smallest absolute Gasteiger partial charge is 0.256 e. The third-order valence-electron chi connectivity index (χ3n) is 4.38. The molecule has 29 heavy (non-hydrogen) atoms. The Bertz CT molecular complexity index is 1140. The third kappa shape index (κ3) is 4.32. The molecule has 0 spiro atoms. The summed E-state index contributed by atoms with van der Waals surface area (Å²) >= 11 is 2.23. The number of rotatable bonds is 5. The Morgan fingerprint density at radius 3 is 2.45 bits per heavy atom. The molecule has 0 fully saturated rings. The Hall–Kier alpha value is -3.13.